The molecule has 1 aliphatic heterocycles. The highest BCUT2D eigenvalue weighted by Gasteiger charge is 2.35. The summed E-state index contributed by atoms with van der Waals surface area (Å²) in [5.74, 6) is 0.556. The predicted molar refractivity (Wildman–Crippen MR) is 118 cm³/mol. The number of ether oxygens (including phenoxy) is 1. The topological polar surface area (TPSA) is 62.7 Å². The first-order valence-corrected chi connectivity index (χ1v) is 10.5. The number of carbonyl (C=O) groups is 2. The molecule has 2 aromatic rings. The van der Waals surface area contributed by atoms with Crippen LogP contribution in [0.4, 0.5) is 10.6 Å². The molecule has 0 radical (unpaired) electrons. The number of amides is 2. The summed E-state index contributed by atoms with van der Waals surface area (Å²) in [4.78, 5) is 34.2. The fourth-order valence-corrected chi connectivity index (χ4v) is 3.80. The molecule has 1 saturated heterocycles. The molecule has 0 unspecified atom stereocenters. The smallest absolute Gasteiger partial charge is 0.416 e. The van der Waals surface area contributed by atoms with E-state index in [1.807, 2.05) is 82.0 Å². The maximum Gasteiger partial charge on any atom is 0.416 e. The fraction of sp³-hybridized carbons (Fsp3) is 0.458. The normalized spacial score (nSPS) is 16.6. The lowest BCUT2D eigenvalue weighted by molar-refractivity contribution is 0.0568. The molecule has 30 heavy (non-hydrogen) atoms. The van der Waals surface area contributed by atoms with Crippen LogP contribution in [0, 0.1) is 0 Å². The third kappa shape index (κ3) is 4.81. The largest absolute Gasteiger partial charge is 0.443 e. The number of likely N-dealkylation sites (tertiary alicyclic amines) is 1. The maximum absolute atomic E-state index is 13.2. The van der Waals surface area contributed by atoms with Crippen LogP contribution in [0.3, 0.4) is 0 Å². The summed E-state index contributed by atoms with van der Waals surface area (Å²) in [7, 11) is 0. The molecule has 1 atom stereocenters. The van der Waals surface area contributed by atoms with Crippen molar-refractivity contribution >= 4 is 17.8 Å². The van der Waals surface area contributed by atoms with Crippen molar-refractivity contribution in [3.63, 3.8) is 0 Å². The van der Waals surface area contributed by atoms with Gasteiger partial charge in [-0.2, -0.15) is 0 Å². The summed E-state index contributed by atoms with van der Waals surface area (Å²) >= 11 is 0. The van der Waals surface area contributed by atoms with E-state index in [1.54, 1.807) is 11.1 Å². The first-order valence-electron chi connectivity index (χ1n) is 10.5. The van der Waals surface area contributed by atoms with Gasteiger partial charge < -0.3 is 9.64 Å². The van der Waals surface area contributed by atoms with Crippen LogP contribution in [0.5, 0.6) is 0 Å². The van der Waals surface area contributed by atoms with E-state index in [9.17, 15) is 9.59 Å². The van der Waals surface area contributed by atoms with Gasteiger partial charge >= 0.3 is 6.09 Å². The van der Waals surface area contributed by atoms with E-state index < -0.39 is 11.7 Å². The van der Waals surface area contributed by atoms with E-state index >= 15 is 0 Å². The van der Waals surface area contributed by atoms with E-state index in [0.29, 0.717) is 17.9 Å². The average Bonchev–Trinajstić information content (AvgIpc) is 3.16. The Labute approximate surface area is 178 Å². The number of benzene rings is 1. The predicted octanol–water partition coefficient (Wildman–Crippen LogP) is 5.21. The van der Waals surface area contributed by atoms with Crippen LogP contribution in [0.25, 0.3) is 0 Å². The highest BCUT2D eigenvalue weighted by molar-refractivity contribution is 5.95. The summed E-state index contributed by atoms with van der Waals surface area (Å²) < 4.78 is 5.64. The zero-order chi connectivity index (χ0) is 21.9. The monoisotopic (exact) mass is 409 g/mol. The van der Waals surface area contributed by atoms with E-state index in [1.165, 1.54) is 0 Å². The van der Waals surface area contributed by atoms with Gasteiger partial charge in [0.2, 0.25) is 0 Å². The summed E-state index contributed by atoms with van der Waals surface area (Å²) in [6.45, 7) is 10.1. The molecule has 160 valence electrons. The highest BCUT2D eigenvalue weighted by Crippen LogP contribution is 2.38. The second-order valence-electron chi connectivity index (χ2n) is 8.88. The van der Waals surface area contributed by atoms with Gasteiger partial charge in [0, 0.05) is 29.9 Å². The van der Waals surface area contributed by atoms with Crippen molar-refractivity contribution in [2.75, 3.05) is 11.4 Å². The molecule has 1 aliphatic rings. The molecule has 0 aliphatic carbocycles. The SMILES string of the molecule is CC(C)N(C(=O)OC(C)(C)C)c1ncccc1[C@H]1CCCN1C(=O)c1ccccc1. The number of carbonyl (C=O) groups excluding carboxylic acids is 2. The van der Waals surface area contributed by atoms with Gasteiger partial charge in [0.05, 0.1) is 6.04 Å². The molecular weight excluding hydrogens is 378 g/mol. The van der Waals surface area contributed by atoms with Gasteiger partial charge in [-0.05, 0) is 65.7 Å². The quantitative estimate of drug-likeness (QED) is 0.695. The minimum atomic E-state index is -0.609. The molecular formula is C24H31N3O3. The van der Waals surface area contributed by atoms with Crippen LogP contribution in [0.15, 0.2) is 48.7 Å². The molecule has 0 bridgehead atoms. The number of aromatic nitrogens is 1. The average molecular weight is 410 g/mol. The molecule has 6 heteroatoms. The number of pyridine rings is 1. The lowest BCUT2D eigenvalue weighted by atomic mass is 10.0. The molecule has 6 nitrogen and oxygen atoms in total. The van der Waals surface area contributed by atoms with Crippen LogP contribution >= 0.6 is 0 Å². The number of rotatable bonds is 4. The van der Waals surface area contributed by atoms with Crippen LogP contribution in [0.1, 0.15) is 69.4 Å². The molecule has 3 rings (SSSR count). The van der Waals surface area contributed by atoms with E-state index in [4.69, 9.17) is 4.74 Å². The number of nitrogens with zero attached hydrogens (tertiary/aromatic N) is 3. The Morgan fingerprint density at radius 1 is 1.13 bits per heavy atom. The Morgan fingerprint density at radius 3 is 2.47 bits per heavy atom. The van der Waals surface area contributed by atoms with Crippen molar-refractivity contribution < 1.29 is 14.3 Å². The van der Waals surface area contributed by atoms with Gasteiger partial charge in [-0.15, -0.1) is 0 Å². The minimum Gasteiger partial charge on any atom is -0.443 e. The molecule has 0 N–H and O–H groups in total. The van der Waals surface area contributed by atoms with Crippen LogP contribution in [-0.2, 0) is 4.74 Å². The molecule has 0 spiro atoms. The molecule has 2 heterocycles. The molecule has 1 aromatic carbocycles. The van der Waals surface area contributed by atoms with Crippen molar-refractivity contribution in [3.8, 4) is 0 Å². The van der Waals surface area contributed by atoms with Crippen molar-refractivity contribution in [2.45, 2.75) is 65.1 Å². The van der Waals surface area contributed by atoms with E-state index in [0.717, 1.165) is 18.4 Å². The third-order valence-corrected chi connectivity index (χ3v) is 5.05. The van der Waals surface area contributed by atoms with Crippen molar-refractivity contribution in [1.29, 1.82) is 0 Å². The van der Waals surface area contributed by atoms with Crippen LogP contribution in [-0.4, -0.2) is 40.1 Å². The lowest BCUT2D eigenvalue weighted by Gasteiger charge is -2.33. The lowest BCUT2D eigenvalue weighted by Crippen LogP contribution is -2.42. The highest BCUT2D eigenvalue weighted by atomic mass is 16.6. The Morgan fingerprint density at radius 2 is 1.83 bits per heavy atom. The van der Waals surface area contributed by atoms with Crippen molar-refractivity contribution in [2.24, 2.45) is 0 Å². The summed E-state index contributed by atoms with van der Waals surface area (Å²) in [5.41, 5.74) is 0.934. The Kier molecular flexibility index (Phi) is 6.44. The molecule has 2 amide bonds. The van der Waals surface area contributed by atoms with Gasteiger partial charge in [-0.3, -0.25) is 9.69 Å². The zero-order valence-corrected chi connectivity index (χ0v) is 18.5. The van der Waals surface area contributed by atoms with Gasteiger partial charge in [-0.1, -0.05) is 24.3 Å². The van der Waals surface area contributed by atoms with Crippen LogP contribution < -0.4 is 4.90 Å². The second kappa shape index (κ2) is 8.86. The Bertz CT molecular complexity index is 890. The summed E-state index contributed by atoms with van der Waals surface area (Å²) in [6.07, 6.45) is 2.98. The van der Waals surface area contributed by atoms with Gasteiger partial charge in [-0.25, -0.2) is 9.78 Å². The maximum atomic E-state index is 13.2. The number of hydrogen-bond donors (Lipinski definition) is 0. The van der Waals surface area contributed by atoms with Crippen molar-refractivity contribution in [3.05, 3.63) is 59.8 Å². The van der Waals surface area contributed by atoms with Gasteiger partial charge in [0.15, 0.2) is 0 Å². The van der Waals surface area contributed by atoms with E-state index in [2.05, 4.69) is 4.98 Å². The van der Waals surface area contributed by atoms with Gasteiger partial charge in [0.25, 0.3) is 5.91 Å². The van der Waals surface area contributed by atoms with Crippen LogP contribution in [0.2, 0.25) is 0 Å². The van der Waals surface area contributed by atoms with E-state index in [-0.39, 0.29) is 18.0 Å². The fourth-order valence-electron chi connectivity index (χ4n) is 3.80. The summed E-state index contributed by atoms with van der Waals surface area (Å²) in [6, 6.07) is 12.9. The molecule has 1 aromatic heterocycles. The number of anilines is 1. The summed E-state index contributed by atoms with van der Waals surface area (Å²) in [5, 5.41) is 0. The minimum absolute atomic E-state index is 0.00117. The van der Waals surface area contributed by atoms with Crippen molar-refractivity contribution in [1.82, 2.24) is 9.88 Å². The Balaban J connectivity index is 1.97. The molecule has 1 fully saturated rings. The number of hydrogen-bond acceptors (Lipinski definition) is 4. The third-order valence-electron chi connectivity index (χ3n) is 5.05. The first kappa shape index (κ1) is 21.8. The zero-order valence-electron chi connectivity index (χ0n) is 18.5. The van der Waals surface area contributed by atoms with Gasteiger partial charge in [0.1, 0.15) is 11.4 Å². The standard InChI is InChI=1S/C24H31N3O3/c1-17(2)27(23(29)30-24(3,4)5)21-19(13-9-15-25-21)20-14-10-16-26(20)22(28)18-11-7-6-8-12-18/h6-9,11-13,15,17,20H,10,14,16H2,1-5H3/t20-/m1/s1. The first-order chi connectivity index (χ1) is 14.2. The second-order valence-corrected chi connectivity index (χ2v) is 8.88. The Hall–Kier alpha value is -2.89. The molecule has 0 saturated carbocycles.